The minimum Gasteiger partial charge on any atom is -0.351 e. The molecule has 0 bridgehead atoms. The molecule has 6 rings (SSSR count). The van der Waals surface area contributed by atoms with Crippen molar-refractivity contribution in [3.8, 4) is 0 Å². The first-order chi connectivity index (χ1) is 18.7. The largest absolute Gasteiger partial charge is 0.351 e. The second-order valence-electron chi connectivity index (χ2n) is 15.5. The van der Waals surface area contributed by atoms with Crippen molar-refractivity contribution in [3.63, 3.8) is 0 Å². The molecule has 2 aliphatic heterocycles. The summed E-state index contributed by atoms with van der Waals surface area (Å²) in [6, 6.07) is 9.10. The summed E-state index contributed by atoms with van der Waals surface area (Å²) in [5.74, 6) is 0.766. The molecule has 216 valence electrons. The highest BCUT2D eigenvalue weighted by molar-refractivity contribution is 6.00. The lowest BCUT2D eigenvalue weighted by Crippen LogP contribution is -2.71. The highest BCUT2D eigenvalue weighted by atomic mass is 16.2. The fourth-order valence-corrected chi connectivity index (χ4v) is 8.13. The van der Waals surface area contributed by atoms with Gasteiger partial charge in [0.2, 0.25) is 11.8 Å². The van der Waals surface area contributed by atoms with E-state index >= 15 is 0 Å². The van der Waals surface area contributed by atoms with E-state index in [-0.39, 0.29) is 34.7 Å². The molecular weight excluding hydrogens is 500 g/mol. The van der Waals surface area contributed by atoms with Crippen molar-refractivity contribution < 1.29 is 14.4 Å². The Morgan fingerprint density at radius 2 is 1.68 bits per heavy atom. The summed E-state index contributed by atoms with van der Waals surface area (Å²) < 4.78 is 0. The van der Waals surface area contributed by atoms with E-state index in [0.717, 1.165) is 49.6 Å². The Balaban J connectivity index is 1.15. The second-order valence-corrected chi connectivity index (χ2v) is 15.5. The lowest BCUT2D eigenvalue weighted by Gasteiger charge is -2.57. The molecule has 7 nitrogen and oxygen atoms in total. The molecule has 2 saturated carbocycles. The Labute approximate surface area is 238 Å². The third kappa shape index (κ3) is 4.09. The number of hydrogen-bond donors (Lipinski definition) is 2. The number of hydrogen-bond acceptors (Lipinski definition) is 3. The van der Waals surface area contributed by atoms with Crippen LogP contribution < -0.4 is 5.32 Å². The van der Waals surface area contributed by atoms with Crippen LogP contribution in [0.25, 0.3) is 10.9 Å². The van der Waals surface area contributed by atoms with Crippen LogP contribution in [-0.4, -0.2) is 63.2 Å². The Morgan fingerprint density at radius 3 is 2.30 bits per heavy atom. The van der Waals surface area contributed by atoms with Crippen LogP contribution >= 0.6 is 0 Å². The van der Waals surface area contributed by atoms with E-state index in [0.29, 0.717) is 29.5 Å². The van der Waals surface area contributed by atoms with E-state index in [1.165, 1.54) is 0 Å². The number of amides is 3. The number of nitrogens with one attached hydrogen (secondary N) is 2. The number of fused-ring (bicyclic) bond motifs is 1. The molecule has 4 aliphatic rings. The zero-order chi connectivity index (χ0) is 28.8. The van der Waals surface area contributed by atoms with Crippen molar-refractivity contribution in [3.05, 3.63) is 36.0 Å². The number of rotatable bonds is 4. The van der Waals surface area contributed by atoms with Crippen molar-refractivity contribution in [2.75, 3.05) is 13.1 Å². The van der Waals surface area contributed by atoms with Crippen LogP contribution in [-0.2, 0) is 9.59 Å². The fraction of sp³-hybridized carbons (Fsp3) is 0.667. The van der Waals surface area contributed by atoms with Gasteiger partial charge in [0.15, 0.2) is 0 Å². The van der Waals surface area contributed by atoms with E-state index in [9.17, 15) is 14.4 Å². The molecule has 4 atom stereocenters. The summed E-state index contributed by atoms with van der Waals surface area (Å²) in [5, 5.41) is 4.03. The highest BCUT2D eigenvalue weighted by Crippen LogP contribution is 2.70. The van der Waals surface area contributed by atoms with Crippen molar-refractivity contribution in [2.45, 2.75) is 98.2 Å². The normalized spacial score (nSPS) is 32.2. The average molecular weight is 547 g/mol. The van der Waals surface area contributed by atoms with Gasteiger partial charge in [-0.05, 0) is 67.9 Å². The molecule has 0 radical (unpaired) electrons. The van der Waals surface area contributed by atoms with Crippen molar-refractivity contribution in [1.82, 2.24) is 20.1 Å². The first-order valence-electron chi connectivity index (χ1n) is 15.2. The van der Waals surface area contributed by atoms with Gasteiger partial charge in [-0.2, -0.15) is 0 Å². The van der Waals surface area contributed by atoms with Crippen molar-refractivity contribution >= 4 is 28.6 Å². The summed E-state index contributed by atoms with van der Waals surface area (Å²) in [4.78, 5) is 48.5. The maximum absolute atomic E-state index is 14.1. The maximum Gasteiger partial charge on any atom is 0.268 e. The lowest BCUT2D eigenvalue weighted by atomic mass is 9.68. The zero-order valence-corrected chi connectivity index (χ0v) is 25.3. The average Bonchev–Trinajstić information content (AvgIpc) is 3.45. The minimum absolute atomic E-state index is 0.0184. The number of likely N-dealkylation sites (tertiary alicyclic amines) is 2. The number of para-hydroxylation sites is 1. The van der Waals surface area contributed by atoms with Gasteiger partial charge in [0.1, 0.15) is 11.7 Å². The summed E-state index contributed by atoms with van der Waals surface area (Å²) >= 11 is 0. The molecule has 1 aromatic heterocycles. The molecular formula is C33H46N4O3. The first-order valence-corrected chi connectivity index (χ1v) is 15.2. The Morgan fingerprint density at radius 1 is 1.00 bits per heavy atom. The van der Waals surface area contributed by atoms with Gasteiger partial charge in [-0.1, -0.05) is 59.7 Å². The van der Waals surface area contributed by atoms with Gasteiger partial charge in [-0.25, -0.2) is 0 Å². The quantitative estimate of drug-likeness (QED) is 0.541. The van der Waals surface area contributed by atoms with Gasteiger partial charge in [0, 0.05) is 41.4 Å². The number of piperidine rings is 1. The zero-order valence-electron chi connectivity index (χ0n) is 25.3. The van der Waals surface area contributed by atoms with E-state index in [4.69, 9.17) is 0 Å². The molecule has 1 spiro atoms. The van der Waals surface area contributed by atoms with Crippen LogP contribution in [0.5, 0.6) is 0 Å². The number of nitrogens with zero attached hydrogens (tertiary/aromatic N) is 2. The van der Waals surface area contributed by atoms with Gasteiger partial charge in [-0.15, -0.1) is 0 Å². The van der Waals surface area contributed by atoms with Crippen molar-refractivity contribution in [2.24, 2.45) is 28.1 Å². The lowest BCUT2D eigenvalue weighted by molar-refractivity contribution is -0.163. The van der Waals surface area contributed by atoms with Gasteiger partial charge in [-0.3, -0.25) is 14.4 Å². The predicted octanol–water partition coefficient (Wildman–Crippen LogP) is 5.37. The molecule has 1 aromatic carbocycles. The predicted molar refractivity (Wildman–Crippen MR) is 157 cm³/mol. The SMILES string of the molecule is CC(C)(C)C1CCC(C(=O)N2CC34C[C@@H]3N(C(=O)[C@@H](NC(=O)c3cc5ccccc5[nH]3)C(C)(C)C)CC24C)CC1. The van der Waals surface area contributed by atoms with Crippen LogP contribution in [0.1, 0.15) is 91.1 Å². The summed E-state index contributed by atoms with van der Waals surface area (Å²) in [6.07, 6.45) is 5.12. The smallest absolute Gasteiger partial charge is 0.268 e. The molecule has 7 heteroatoms. The van der Waals surface area contributed by atoms with Gasteiger partial charge in [0.25, 0.3) is 5.91 Å². The van der Waals surface area contributed by atoms with Crippen LogP contribution in [0.4, 0.5) is 0 Å². The molecule has 2 aromatic rings. The third-order valence-electron chi connectivity index (χ3n) is 11.0. The van der Waals surface area contributed by atoms with E-state index in [2.05, 4.69) is 42.9 Å². The highest BCUT2D eigenvalue weighted by Gasteiger charge is 2.82. The molecule has 2 unspecified atom stereocenters. The van der Waals surface area contributed by atoms with Crippen LogP contribution in [0.2, 0.25) is 0 Å². The van der Waals surface area contributed by atoms with Crippen LogP contribution in [0, 0.1) is 28.1 Å². The molecule has 3 amide bonds. The first kappa shape index (κ1) is 27.3. The number of carbonyl (C=O) groups is 3. The van der Waals surface area contributed by atoms with E-state index in [1.54, 1.807) is 0 Å². The number of H-pyrrole nitrogens is 1. The molecule has 2 N–H and O–H groups in total. The number of aromatic amines is 1. The van der Waals surface area contributed by atoms with Crippen molar-refractivity contribution in [1.29, 1.82) is 0 Å². The minimum atomic E-state index is -0.665. The van der Waals surface area contributed by atoms with Gasteiger partial charge in [0.05, 0.1) is 5.54 Å². The Hall–Kier alpha value is -2.83. The third-order valence-corrected chi connectivity index (χ3v) is 11.0. The Bertz CT molecular complexity index is 1320. The number of carbonyl (C=O) groups excluding carboxylic acids is 3. The molecule has 40 heavy (non-hydrogen) atoms. The van der Waals surface area contributed by atoms with E-state index in [1.807, 2.05) is 56.0 Å². The van der Waals surface area contributed by atoms with Crippen LogP contribution in [0.3, 0.4) is 0 Å². The summed E-state index contributed by atoms with van der Waals surface area (Å²) in [7, 11) is 0. The molecule has 3 heterocycles. The number of benzene rings is 1. The fourth-order valence-electron chi connectivity index (χ4n) is 8.13. The monoisotopic (exact) mass is 546 g/mol. The second kappa shape index (κ2) is 8.83. The van der Waals surface area contributed by atoms with Gasteiger partial charge >= 0.3 is 0 Å². The van der Waals surface area contributed by atoms with Crippen LogP contribution in [0.15, 0.2) is 30.3 Å². The standard InChI is InChI=1S/C33H46N4O3/c1-30(2,3)22-14-12-20(13-15-22)28(39)37-19-33-17-25(33)36(18-32(33,37)7)29(40)26(31(4,5)6)35-27(38)24-16-21-10-8-9-11-23(21)34-24/h8-11,16,20,22,25-26,34H,12-15,17-19H2,1-7H3,(H,35,38)/t20?,22?,25-,26+,32?,33?/m0/s1. The summed E-state index contributed by atoms with van der Waals surface area (Å²) in [5.41, 5.74) is 0.885. The molecule has 4 fully saturated rings. The summed E-state index contributed by atoms with van der Waals surface area (Å²) in [6.45, 7) is 16.4. The topological polar surface area (TPSA) is 85.5 Å². The Kier molecular flexibility index (Phi) is 6.04. The van der Waals surface area contributed by atoms with Gasteiger partial charge < -0.3 is 20.1 Å². The van der Waals surface area contributed by atoms with E-state index < -0.39 is 11.5 Å². The maximum atomic E-state index is 14.1. The molecule has 2 aliphatic carbocycles. The molecule has 2 saturated heterocycles. The number of aromatic nitrogens is 1.